The highest BCUT2D eigenvalue weighted by molar-refractivity contribution is 5.95. The lowest BCUT2D eigenvalue weighted by Crippen LogP contribution is -2.52. The van der Waals surface area contributed by atoms with E-state index in [-0.39, 0.29) is 12.5 Å². The number of nitrogens with one attached hydrogen (secondary N) is 2. The zero-order chi connectivity index (χ0) is 19.2. The molecule has 5 nitrogen and oxygen atoms in total. The van der Waals surface area contributed by atoms with Crippen molar-refractivity contribution in [1.82, 2.24) is 5.32 Å². The lowest BCUT2D eigenvalue weighted by Gasteiger charge is -2.28. The number of hydrogen-bond acceptors (Lipinski definition) is 3. The van der Waals surface area contributed by atoms with Gasteiger partial charge in [0, 0.05) is 5.69 Å². The molecule has 2 rings (SSSR count). The maximum absolute atomic E-state index is 12.5. The Hall–Kier alpha value is -2.66. The predicted molar refractivity (Wildman–Crippen MR) is 105 cm³/mol. The van der Waals surface area contributed by atoms with E-state index < -0.39 is 11.4 Å². The molecule has 5 heteroatoms. The van der Waals surface area contributed by atoms with Crippen molar-refractivity contribution in [2.45, 2.75) is 39.2 Å². The third kappa shape index (κ3) is 4.29. The van der Waals surface area contributed by atoms with Crippen LogP contribution in [-0.2, 0) is 28.0 Å². The van der Waals surface area contributed by atoms with Crippen molar-refractivity contribution < 1.29 is 9.59 Å². The molecule has 0 aliphatic rings. The highest BCUT2D eigenvalue weighted by atomic mass is 16.2. The van der Waals surface area contributed by atoms with Gasteiger partial charge in [-0.3, -0.25) is 14.9 Å². The number of hydrogen-bond donors (Lipinski definition) is 3. The third-order valence-electron chi connectivity index (χ3n) is 4.71. The summed E-state index contributed by atoms with van der Waals surface area (Å²) in [7, 11) is 0. The van der Waals surface area contributed by atoms with Gasteiger partial charge in [-0.05, 0) is 36.5 Å². The van der Waals surface area contributed by atoms with Crippen LogP contribution in [0.25, 0.3) is 0 Å². The molecule has 26 heavy (non-hydrogen) atoms. The van der Waals surface area contributed by atoms with Crippen LogP contribution in [0.2, 0.25) is 0 Å². The number of para-hydroxylation sites is 1. The van der Waals surface area contributed by atoms with E-state index in [9.17, 15) is 9.59 Å². The van der Waals surface area contributed by atoms with Gasteiger partial charge in [0.2, 0.25) is 11.8 Å². The Morgan fingerprint density at radius 2 is 1.54 bits per heavy atom. The van der Waals surface area contributed by atoms with Crippen LogP contribution in [0.15, 0.2) is 48.5 Å². The van der Waals surface area contributed by atoms with E-state index in [1.54, 1.807) is 6.92 Å². The van der Waals surface area contributed by atoms with Crippen LogP contribution < -0.4 is 16.4 Å². The zero-order valence-electron chi connectivity index (χ0n) is 15.6. The molecule has 0 bridgehead atoms. The number of primary amides is 1. The van der Waals surface area contributed by atoms with E-state index in [1.807, 2.05) is 48.5 Å². The molecule has 1 unspecified atom stereocenters. The molecule has 1 atom stereocenters. The van der Waals surface area contributed by atoms with Crippen molar-refractivity contribution in [2.24, 2.45) is 5.73 Å². The van der Waals surface area contributed by atoms with Gasteiger partial charge in [-0.25, -0.2) is 0 Å². The van der Waals surface area contributed by atoms with Crippen molar-refractivity contribution >= 4 is 17.5 Å². The van der Waals surface area contributed by atoms with Gasteiger partial charge in [-0.15, -0.1) is 0 Å². The Bertz CT molecular complexity index is 752. The molecule has 2 amide bonds. The molecule has 2 aromatic rings. The summed E-state index contributed by atoms with van der Waals surface area (Å²) in [6, 6.07) is 15.2. The number of carbonyl (C=O) groups excluding carboxylic acids is 2. The van der Waals surface area contributed by atoms with Gasteiger partial charge >= 0.3 is 0 Å². The average Bonchev–Trinajstić information content (AvgIpc) is 2.66. The van der Waals surface area contributed by atoms with Crippen LogP contribution >= 0.6 is 0 Å². The van der Waals surface area contributed by atoms with Crippen molar-refractivity contribution in [3.05, 3.63) is 65.2 Å². The Balaban J connectivity index is 2.14. The Labute approximate surface area is 155 Å². The molecule has 0 heterocycles. The zero-order valence-corrected chi connectivity index (χ0v) is 15.6. The molecule has 0 aromatic heterocycles. The first kappa shape index (κ1) is 19.7. The summed E-state index contributed by atoms with van der Waals surface area (Å²) in [4.78, 5) is 24.5. The number of aryl methyl sites for hydroxylation is 2. The minimum atomic E-state index is -1.11. The van der Waals surface area contributed by atoms with Crippen LogP contribution in [0.1, 0.15) is 37.5 Å². The summed E-state index contributed by atoms with van der Waals surface area (Å²) >= 11 is 0. The molecule has 4 N–H and O–H groups in total. The summed E-state index contributed by atoms with van der Waals surface area (Å²) < 4.78 is 0. The van der Waals surface area contributed by atoms with Crippen LogP contribution in [0, 0.1) is 0 Å². The standard InChI is InChI=1S/C21H27N3O2/c1-4-15-10-9-11-16(5-2)19(15)24-18(25)14-23-21(3,20(22)26)17-12-7-6-8-13-17/h6-13,23H,4-5,14H2,1-3H3,(H2,22,26)(H,24,25). The van der Waals surface area contributed by atoms with E-state index in [0.717, 1.165) is 35.2 Å². The quantitative estimate of drug-likeness (QED) is 0.682. The maximum atomic E-state index is 12.5. The summed E-state index contributed by atoms with van der Waals surface area (Å²) in [5.74, 6) is -0.733. The highest BCUT2D eigenvalue weighted by Crippen LogP contribution is 2.23. The highest BCUT2D eigenvalue weighted by Gasteiger charge is 2.33. The lowest BCUT2D eigenvalue weighted by atomic mass is 9.91. The first-order chi connectivity index (χ1) is 12.4. The smallest absolute Gasteiger partial charge is 0.242 e. The maximum Gasteiger partial charge on any atom is 0.242 e. The molecule has 138 valence electrons. The molecule has 0 radical (unpaired) electrons. The summed E-state index contributed by atoms with van der Waals surface area (Å²) in [5.41, 5.74) is 8.27. The van der Waals surface area contributed by atoms with Crippen LogP contribution in [0.3, 0.4) is 0 Å². The van der Waals surface area contributed by atoms with Crippen molar-refractivity contribution in [2.75, 3.05) is 11.9 Å². The topological polar surface area (TPSA) is 84.2 Å². The summed E-state index contributed by atoms with van der Waals surface area (Å²) in [6.45, 7) is 5.79. The second kappa shape index (κ2) is 8.63. The second-order valence-corrected chi connectivity index (χ2v) is 6.42. The fourth-order valence-corrected chi connectivity index (χ4v) is 2.95. The van der Waals surface area contributed by atoms with Gasteiger partial charge in [-0.1, -0.05) is 62.4 Å². The number of benzene rings is 2. The van der Waals surface area contributed by atoms with Gasteiger partial charge < -0.3 is 11.1 Å². The Morgan fingerprint density at radius 3 is 2.04 bits per heavy atom. The van der Waals surface area contributed by atoms with Crippen LogP contribution in [-0.4, -0.2) is 18.4 Å². The number of anilines is 1. The van der Waals surface area contributed by atoms with Crippen molar-refractivity contribution in [3.8, 4) is 0 Å². The molecule has 0 saturated heterocycles. The summed E-state index contributed by atoms with van der Waals surface area (Å²) in [6.07, 6.45) is 1.67. The predicted octanol–water partition coefficient (Wildman–Crippen LogP) is 2.74. The molecule has 2 aromatic carbocycles. The molecular formula is C21H27N3O2. The van der Waals surface area contributed by atoms with E-state index in [0.29, 0.717) is 0 Å². The van der Waals surface area contributed by atoms with E-state index in [1.165, 1.54) is 0 Å². The van der Waals surface area contributed by atoms with Crippen molar-refractivity contribution in [3.63, 3.8) is 0 Å². The Morgan fingerprint density at radius 1 is 0.962 bits per heavy atom. The largest absolute Gasteiger partial charge is 0.368 e. The average molecular weight is 353 g/mol. The normalized spacial score (nSPS) is 13.0. The minimum Gasteiger partial charge on any atom is -0.368 e. The van der Waals surface area contributed by atoms with Gasteiger partial charge in [0.15, 0.2) is 0 Å². The molecule has 0 spiro atoms. The van der Waals surface area contributed by atoms with Gasteiger partial charge in [0.05, 0.1) is 6.54 Å². The number of carbonyl (C=O) groups is 2. The minimum absolute atomic E-state index is 0.0183. The molecule has 0 aliphatic heterocycles. The fraction of sp³-hybridized carbons (Fsp3) is 0.333. The SMILES string of the molecule is CCc1cccc(CC)c1NC(=O)CNC(C)(C(N)=O)c1ccccc1. The van der Waals surface area contributed by atoms with Gasteiger partial charge in [-0.2, -0.15) is 0 Å². The van der Waals surface area contributed by atoms with E-state index >= 15 is 0 Å². The number of nitrogens with two attached hydrogens (primary N) is 1. The molecule has 0 aliphatic carbocycles. The monoisotopic (exact) mass is 353 g/mol. The van der Waals surface area contributed by atoms with E-state index in [4.69, 9.17) is 5.73 Å². The molecule has 0 saturated carbocycles. The summed E-state index contributed by atoms with van der Waals surface area (Å²) in [5, 5.41) is 6.01. The number of rotatable bonds is 8. The first-order valence-corrected chi connectivity index (χ1v) is 8.93. The fourth-order valence-electron chi connectivity index (χ4n) is 2.95. The van der Waals surface area contributed by atoms with Gasteiger partial charge in [0.25, 0.3) is 0 Å². The molecular weight excluding hydrogens is 326 g/mol. The van der Waals surface area contributed by atoms with Gasteiger partial charge in [0.1, 0.15) is 5.54 Å². The molecule has 0 fully saturated rings. The van der Waals surface area contributed by atoms with E-state index in [2.05, 4.69) is 24.5 Å². The van der Waals surface area contributed by atoms with Crippen molar-refractivity contribution in [1.29, 1.82) is 0 Å². The third-order valence-corrected chi connectivity index (χ3v) is 4.71. The number of amides is 2. The first-order valence-electron chi connectivity index (χ1n) is 8.93. The Kier molecular flexibility index (Phi) is 6.52. The van der Waals surface area contributed by atoms with Crippen LogP contribution in [0.5, 0.6) is 0 Å². The van der Waals surface area contributed by atoms with Crippen LogP contribution in [0.4, 0.5) is 5.69 Å². The lowest BCUT2D eigenvalue weighted by molar-refractivity contribution is -0.124. The second-order valence-electron chi connectivity index (χ2n) is 6.42.